The molecule has 0 radical (unpaired) electrons. The molecule has 4 heteroatoms. The molecule has 0 amide bonds. The van der Waals surface area contributed by atoms with Gasteiger partial charge in [0.25, 0.3) is 0 Å². The summed E-state index contributed by atoms with van der Waals surface area (Å²) in [4.78, 5) is 0. The average Bonchev–Trinajstić information content (AvgIpc) is 2.71. The molecule has 0 saturated carbocycles. The van der Waals surface area contributed by atoms with Crippen LogP contribution in [-0.2, 0) is 0 Å². The van der Waals surface area contributed by atoms with E-state index in [9.17, 15) is 4.39 Å². The second-order valence-corrected chi connectivity index (χ2v) is 5.44. The molecule has 19 heavy (non-hydrogen) atoms. The minimum Gasteiger partial charge on any atom is -0.330 e. The molecule has 0 spiro atoms. The Kier molecular flexibility index (Phi) is 3.25. The number of halogens is 3. The molecule has 98 valence electrons. The molecule has 0 bridgehead atoms. The Labute approximate surface area is 121 Å². The zero-order valence-electron chi connectivity index (χ0n) is 10.1. The Hall–Kier alpha value is -1.09. The van der Waals surface area contributed by atoms with Crippen LogP contribution in [0.1, 0.15) is 23.5 Å². The number of benzene rings is 2. The van der Waals surface area contributed by atoms with Gasteiger partial charge < -0.3 is 5.73 Å². The standard InChI is InChI=1S/C15H12Cl2FN/c16-11-5-4-10-8(6-7-19)9-2-1-3-12(18)13(9)14(10)15(11)17/h1-5,8H,6-7,19H2. The topological polar surface area (TPSA) is 26.0 Å². The van der Waals surface area contributed by atoms with Gasteiger partial charge in [-0.3, -0.25) is 0 Å². The number of fused-ring (bicyclic) bond motifs is 3. The minimum absolute atomic E-state index is 0.0977. The molecule has 0 fully saturated rings. The van der Waals surface area contributed by atoms with Crippen molar-refractivity contribution < 1.29 is 4.39 Å². The van der Waals surface area contributed by atoms with E-state index in [1.165, 1.54) is 6.07 Å². The Balaban J connectivity index is 2.34. The Bertz CT molecular complexity index is 655. The van der Waals surface area contributed by atoms with Crippen molar-refractivity contribution in [3.8, 4) is 11.1 Å². The zero-order chi connectivity index (χ0) is 13.6. The number of nitrogens with two attached hydrogens (primary N) is 1. The van der Waals surface area contributed by atoms with Crippen LogP contribution in [-0.4, -0.2) is 6.54 Å². The first kappa shape index (κ1) is 12.9. The largest absolute Gasteiger partial charge is 0.330 e. The van der Waals surface area contributed by atoms with E-state index >= 15 is 0 Å². The predicted molar refractivity (Wildman–Crippen MR) is 77.4 cm³/mol. The van der Waals surface area contributed by atoms with Crippen molar-refractivity contribution in [1.82, 2.24) is 0 Å². The van der Waals surface area contributed by atoms with Crippen molar-refractivity contribution >= 4 is 23.2 Å². The fourth-order valence-corrected chi connectivity index (χ4v) is 3.27. The second-order valence-electron chi connectivity index (χ2n) is 4.66. The number of hydrogen-bond acceptors (Lipinski definition) is 1. The van der Waals surface area contributed by atoms with Crippen LogP contribution in [0.4, 0.5) is 4.39 Å². The lowest BCUT2D eigenvalue weighted by Crippen LogP contribution is -2.06. The van der Waals surface area contributed by atoms with Gasteiger partial charge in [-0.05, 0) is 36.2 Å². The highest BCUT2D eigenvalue weighted by molar-refractivity contribution is 6.44. The van der Waals surface area contributed by atoms with Gasteiger partial charge in [-0.2, -0.15) is 0 Å². The SMILES string of the molecule is NCCC1c2cccc(F)c2-c2c1ccc(Cl)c2Cl. The lowest BCUT2D eigenvalue weighted by molar-refractivity contribution is 0.629. The molecule has 1 atom stereocenters. The molecular formula is C15H12Cl2FN. The molecule has 1 nitrogen and oxygen atoms in total. The van der Waals surface area contributed by atoms with Crippen molar-refractivity contribution in [1.29, 1.82) is 0 Å². The summed E-state index contributed by atoms with van der Waals surface area (Å²) in [5.74, 6) is -0.164. The Morgan fingerprint density at radius 1 is 1.05 bits per heavy atom. The molecule has 0 saturated heterocycles. The molecule has 3 rings (SSSR count). The predicted octanol–water partition coefficient (Wildman–Crippen LogP) is 4.59. The highest BCUT2D eigenvalue weighted by atomic mass is 35.5. The van der Waals surface area contributed by atoms with Crippen molar-refractivity contribution in [2.24, 2.45) is 5.73 Å². The van der Waals surface area contributed by atoms with E-state index in [0.717, 1.165) is 23.1 Å². The lowest BCUT2D eigenvalue weighted by Gasteiger charge is -2.12. The van der Waals surface area contributed by atoms with Crippen LogP contribution in [0.25, 0.3) is 11.1 Å². The van der Waals surface area contributed by atoms with Crippen LogP contribution in [0.5, 0.6) is 0 Å². The molecule has 0 aliphatic heterocycles. The van der Waals surface area contributed by atoms with Gasteiger partial charge in [-0.25, -0.2) is 4.39 Å². The van der Waals surface area contributed by atoms with Gasteiger partial charge in [0.15, 0.2) is 0 Å². The second kappa shape index (κ2) is 4.78. The molecule has 2 N–H and O–H groups in total. The molecule has 0 aromatic heterocycles. The summed E-state index contributed by atoms with van der Waals surface area (Å²) in [6.07, 6.45) is 0.765. The van der Waals surface area contributed by atoms with E-state index in [0.29, 0.717) is 22.2 Å². The third kappa shape index (κ3) is 1.86. The van der Waals surface area contributed by atoms with E-state index in [1.54, 1.807) is 12.1 Å². The van der Waals surface area contributed by atoms with E-state index in [-0.39, 0.29) is 11.7 Å². The molecule has 1 aliphatic rings. The molecule has 2 aromatic carbocycles. The first-order valence-corrected chi connectivity index (χ1v) is 6.87. The Morgan fingerprint density at radius 3 is 2.53 bits per heavy atom. The van der Waals surface area contributed by atoms with Crippen LogP contribution in [0.2, 0.25) is 10.0 Å². The highest BCUT2D eigenvalue weighted by Gasteiger charge is 2.32. The summed E-state index contributed by atoms with van der Waals surface area (Å²) in [6, 6.07) is 8.78. The van der Waals surface area contributed by atoms with Crippen molar-refractivity contribution in [2.45, 2.75) is 12.3 Å². The van der Waals surface area contributed by atoms with Gasteiger partial charge >= 0.3 is 0 Å². The first-order chi connectivity index (χ1) is 9.15. The van der Waals surface area contributed by atoms with Crippen molar-refractivity contribution in [3.63, 3.8) is 0 Å². The summed E-state index contributed by atoms with van der Waals surface area (Å²) < 4.78 is 14.2. The Morgan fingerprint density at radius 2 is 1.79 bits per heavy atom. The smallest absolute Gasteiger partial charge is 0.131 e. The summed E-state index contributed by atoms with van der Waals surface area (Å²) >= 11 is 12.3. The maximum absolute atomic E-state index is 14.2. The van der Waals surface area contributed by atoms with Gasteiger partial charge in [0, 0.05) is 17.0 Å². The van der Waals surface area contributed by atoms with E-state index < -0.39 is 0 Å². The summed E-state index contributed by atoms with van der Waals surface area (Å²) in [5.41, 5.74) is 8.93. The fraction of sp³-hybridized carbons (Fsp3) is 0.200. The van der Waals surface area contributed by atoms with Gasteiger partial charge in [0.1, 0.15) is 5.82 Å². The molecular weight excluding hydrogens is 284 g/mol. The molecule has 1 unspecified atom stereocenters. The fourth-order valence-electron chi connectivity index (χ4n) is 2.85. The molecule has 0 heterocycles. The first-order valence-electron chi connectivity index (χ1n) is 6.12. The summed E-state index contributed by atoms with van der Waals surface area (Å²) in [6.45, 7) is 0.542. The number of hydrogen-bond donors (Lipinski definition) is 1. The maximum Gasteiger partial charge on any atom is 0.131 e. The van der Waals surface area contributed by atoms with Crippen LogP contribution >= 0.6 is 23.2 Å². The van der Waals surface area contributed by atoms with Crippen LogP contribution < -0.4 is 5.73 Å². The van der Waals surface area contributed by atoms with Crippen LogP contribution in [0.15, 0.2) is 30.3 Å². The highest BCUT2D eigenvalue weighted by Crippen LogP contribution is 2.51. The average molecular weight is 296 g/mol. The quantitative estimate of drug-likeness (QED) is 0.861. The van der Waals surface area contributed by atoms with Gasteiger partial charge in [-0.1, -0.05) is 41.4 Å². The molecule has 1 aliphatic carbocycles. The molecule has 2 aromatic rings. The minimum atomic E-state index is -0.262. The third-order valence-corrected chi connectivity index (χ3v) is 4.43. The van der Waals surface area contributed by atoms with E-state index in [4.69, 9.17) is 28.9 Å². The van der Waals surface area contributed by atoms with E-state index in [2.05, 4.69) is 0 Å². The lowest BCUT2D eigenvalue weighted by atomic mass is 9.94. The maximum atomic E-state index is 14.2. The number of rotatable bonds is 2. The monoisotopic (exact) mass is 295 g/mol. The summed E-state index contributed by atoms with van der Waals surface area (Å²) in [7, 11) is 0. The summed E-state index contributed by atoms with van der Waals surface area (Å²) in [5, 5.41) is 0.869. The zero-order valence-corrected chi connectivity index (χ0v) is 11.6. The van der Waals surface area contributed by atoms with Gasteiger partial charge in [-0.15, -0.1) is 0 Å². The van der Waals surface area contributed by atoms with Crippen molar-refractivity contribution in [2.75, 3.05) is 6.54 Å². The van der Waals surface area contributed by atoms with Crippen molar-refractivity contribution in [3.05, 3.63) is 57.3 Å². The van der Waals surface area contributed by atoms with E-state index in [1.807, 2.05) is 12.1 Å². The van der Waals surface area contributed by atoms with Crippen LogP contribution in [0, 0.1) is 5.82 Å². The van der Waals surface area contributed by atoms with Gasteiger partial charge in [0.05, 0.1) is 10.0 Å². The van der Waals surface area contributed by atoms with Crippen LogP contribution in [0.3, 0.4) is 0 Å². The normalized spacial score (nSPS) is 16.3. The third-order valence-electron chi connectivity index (χ3n) is 3.63. The van der Waals surface area contributed by atoms with Gasteiger partial charge in [0.2, 0.25) is 0 Å².